The third kappa shape index (κ3) is 2.57. The molecule has 8 atom stereocenters. The minimum absolute atomic E-state index is 0.327. The van der Waals surface area contributed by atoms with Gasteiger partial charge in [0.2, 0.25) is 0 Å². The van der Waals surface area contributed by atoms with Gasteiger partial charge in [0.05, 0.1) is 5.60 Å². The van der Waals surface area contributed by atoms with Crippen molar-refractivity contribution in [3.05, 3.63) is 11.6 Å². The predicted molar refractivity (Wildman–Crippen MR) is 102 cm³/mol. The molecule has 4 aliphatic rings. The smallest absolute Gasteiger partial charge is 0.0657 e. The van der Waals surface area contributed by atoms with Gasteiger partial charge < -0.3 is 10.2 Å². The molecule has 0 aromatic heterocycles. The summed E-state index contributed by atoms with van der Waals surface area (Å²) in [5, 5.41) is 20.3. The van der Waals surface area contributed by atoms with Crippen molar-refractivity contribution in [2.75, 3.05) is 6.61 Å². The van der Waals surface area contributed by atoms with E-state index in [0.717, 1.165) is 37.0 Å². The van der Waals surface area contributed by atoms with Crippen molar-refractivity contribution in [2.24, 2.45) is 40.4 Å². The number of rotatable bonds is 2. The highest BCUT2D eigenvalue weighted by Gasteiger charge is 2.59. The standard InChI is InChI=1S/C23H38O2/c1-15(14-24)18-7-8-19-17-6-5-16-13-21(2,25)11-12-22(16,3)20(17)9-10-23(18,19)4/h5,15,17-20,24-25H,6-14H2,1-4H3/t15-,17-,18+,19-,20-,21-,22-,23+/m0/s1. The van der Waals surface area contributed by atoms with Crippen molar-refractivity contribution >= 4 is 0 Å². The lowest BCUT2D eigenvalue weighted by atomic mass is 9.46. The quantitative estimate of drug-likeness (QED) is 0.695. The minimum atomic E-state index is -0.490. The lowest BCUT2D eigenvalue weighted by molar-refractivity contribution is -0.0723. The number of aliphatic hydroxyl groups is 2. The highest BCUT2D eigenvalue weighted by molar-refractivity contribution is 5.26. The zero-order valence-electron chi connectivity index (χ0n) is 16.7. The normalized spacial score (nSPS) is 53.4. The van der Waals surface area contributed by atoms with Crippen LogP contribution >= 0.6 is 0 Å². The zero-order chi connectivity index (χ0) is 18.0. The summed E-state index contributed by atoms with van der Waals surface area (Å²) in [6, 6.07) is 0. The Morgan fingerprint density at radius 1 is 1.08 bits per heavy atom. The molecular formula is C23H38O2. The number of hydrogen-bond donors (Lipinski definition) is 2. The van der Waals surface area contributed by atoms with Gasteiger partial charge in [-0.25, -0.2) is 0 Å². The molecule has 0 bridgehead atoms. The largest absolute Gasteiger partial charge is 0.396 e. The average Bonchev–Trinajstić information content (AvgIpc) is 2.92. The summed E-state index contributed by atoms with van der Waals surface area (Å²) in [6.07, 6.45) is 12.1. The zero-order valence-corrected chi connectivity index (χ0v) is 16.7. The van der Waals surface area contributed by atoms with E-state index in [-0.39, 0.29) is 0 Å². The van der Waals surface area contributed by atoms with Gasteiger partial charge in [-0.05, 0) is 98.7 Å². The lowest BCUT2D eigenvalue weighted by Crippen LogP contribution is -2.52. The minimum Gasteiger partial charge on any atom is -0.396 e. The molecule has 0 heterocycles. The molecule has 0 radical (unpaired) electrons. The van der Waals surface area contributed by atoms with E-state index >= 15 is 0 Å². The Kier molecular flexibility index (Phi) is 4.21. The Bertz CT molecular complexity index is 564. The molecule has 0 unspecified atom stereocenters. The second-order valence-corrected chi connectivity index (χ2v) is 10.8. The molecule has 2 N–H and O–H groups in total. The van der Waals surface area contributed by atoms with E-state index in [4.69, 9.17) is 0 Å². The molecule has 4 aliphatic carbocycles. The highest BCUT2D eigenvalue weighted by atomic mass is 16.3. The molecule has 0 spiro atoms. The summed E-state index contributed by atoms with van der Waals surface area (Å²) in [5.41, 5.74) is 1.83. The van der Waals surface area contributed by atoms with Gasteiger partial charge >= 0.3 is 0 Å². The second kappa shape index (κ2) is 5.83. The van der Waals surface area contributed by atoms with Crippen LogP contribution in [0.2, 0.25) is 0 Å². The predicted octanol–water partition coefficient (Wildman–Crippen LogP) is 4.94. The Balaban J connectivity index is 1.63. The van der Waals surface area contributed by atoms with Crippen LogP contribution in [-0.4, -0.2) is 22.4 Å². The number of aliphatic hydroxyl groups excluding tert-OH is 1. The molecule has 0 aromatic carbocycles. The van der Waals surface area contributed by atoms with E-state index in [2.05, 4.69) is 26.8 Å². The van der Waals surface area contributed by atoms with Crippen LogP contribution in [0.1, 0.15) is 79.1 Å². The first-order chi connectivity index (χ1) is 11.7. The van der Waals surface area contributed by atoms with Gasteiger partial charge in [0.1, 0.15) is 0 Å². The Labute approximate surface area is 154 Å². The van der Waals surface area contributed by atoms with Crippen LogP contribution in [0.4, 0.5) is 0 Å². The topological polar surface area (TPSA) is 40.5 Å². The summed E-state index contributed by atoms with van der Waals surface area (Å²) >= 11 is 0. The van der Waals surface area contributed by atoms with Crippen molar-refractivity contribution in [3.8, 4) is 0 Å². The molecule has 4 rings (SSSR count). The summed E-state index contributed by atoms with van der Waals surface area (Å²) in [7, 11) is 0. The van der Waals surface area contributed by atoms with Crippen molar-refractivity contribution in [3.63, 3.8) is 0 Å². The van der Waals surface area contributed by atoms with Gasteiger partial charge in [0.25, 0.3) is 0 Å². The fourth-order valence-corrected chi connectivity index (χ4v) is 7.91. The third-order valence-corrected chi connectivity index (χ3v) is 9.43. The average molecular weight is 347 g/mol. The molecule has 25 heavy (non-hydrogen) atoms. The van der Waals surface area contributed by atoms with Gasteiger partial charge in [0, 0.05) is 6.61 Å². The maximum Gasteiger partial charge on any atom is 0.0657 e. The highest BCUT2D eigenvalue weighted by Crippen LogP contribution is 2.67. The Morgan fingerprint density at radius 3 is 2.56 bits per heavy atom. The molecule has 142 valence electrons. The number of allylic oxidation sites excluding steroid dienone is 1. The first-order valence-electron chi connectivity index (χ1n) is 10.7. The maximum absolute atomic E-state index is 10.6. The first-order valence-corrected chi connectivity index (χ1v) is 10.7. The van der Waals surface area contributed by atoms with Crippen LogP contribution < -0.4 is 0 Å². The second-order valence-electron chi connectivity index (χ2n) is 10.8. The van der Waals surface area contributed by atoms with Crippen molar-refractivity contribution in [1.82, 2.24) is 0 Å². The van der Waals surface area contributed by atoms with Gasteiger partial charge in [-0.15, -0.1) is 0 Å². The first kappa shape index (κ1) is 18.0. The van der Waals surface area contributed by atoms with Crippen molar-refractivity contribution in [2.45, 2.75) is 84.7 Å². The van der Waals surface area contributed by atoms with E-state index in [0.29, 0.717) is 29.3 Å². The maximum atomic E-state index is 10.6. The van der Waals surface area contributed by atoms with Crippen LogP contribution in [0.5, 0.6) is 0 Å². The number of hydrogen-bond acceptors (Lipinski definition) is 2. The van der Waals surface area contributed by atoms with Gasteiger partial charge in [-0.3, -0.25) is 0 Å². The summed E-state index contributed by atoms with van der Waals surface area (Å²) in [4.78, 5) is 0. The van der Waals surface area contributed by atoms with Gasteiger partial charge in [-0.1, -0.05) is 32.4 Å². The lowest BCUT2D eigenvalue weighted by Gasteiger charge is -2.59. The molecule has 2 heteroatoms. The molecule has 2 nitrogen and oxygen atoms in total. The Morgan fingerprint density at radius 2 is 1.84 bits per heavy atom. The van der Waals surface area contributed by atoms with E-state index in [1.807, 2.05) is 6.92 Å². The molecular weight excluding hydrogens is 308 g/mol. The van der Waals surface area contributed by atoms with E-state index in [9.17, 15) is 10.2 Å². The summed E-state index contributed by atoms with van der Waals surface area (Å²) in [6.45, 7) is 9.68. The number of fused-ring (bicyclic) bond motifs is 5. The van der Waals surface area contributed by atoms with E-state index in [1.165, 1.54) is 32.1 Å². The Hall–Kier alpha value is -0.340. The van der Waals surface area contributed by atoms with E-state index < -0.39 is 5.60 Å². The van der Waals surface area contributed by atoms with Crippen molar-refractivity contribution < 1.29 is 10.2 Å². The molecule has 0 aliphatic heterocycles. The van der Waals surface area contributed by atoms with Gasteiger partial charge in [-0.2, -0.15) is 0 Å². The fraction of sp³-hybridized carbons (Fsp3) is 0.913. The van der Waals surface area contributed by atoms with Crippen LogP contribution in [-0.2, 0) is 0 Å². The molecule has 3 saturated carbocycles. The van der Waals surface area contributed by atoms with Gasteiger partial charge in [0.15, 0.2) is 0 Å². The van der Waals surface area contributed by atoms with Crippen LogP contribution in [0.25, 0.3) is 0 Å². The van der Waals surface area contributed by atoms with Crippen LogP contribution in [0.3, 0.4) is 0 Å². The molecule has 3 fully saturated rings. The molecule has 0 aromatic rings. The van der Waals surface area contributed by atoms with E-state index in [1.54, 1.807) is 5.57 Å². The SMILES string of the molecule is C[C@@H](CO)[C@H]1CC[C@H]2[C@@H]3CC=C4C[C@@](C)(O)CC[C@]4(C)[C@H]3CC[C@]12C. The monoisotopic (exact) mass is 346 g/mol. The van der Waals surface area contributed by atoms with Crippen molar-refractivity contribution in [1.29, 1.82) is 0 Å². The molecule has 0 saturated heterocycles. The summed E-state index contributed by atoms with van der Waals surface area (Å²) < 4.78 is 0. The molecule has 0 amide bonds. The van der Waals surface area contributed by atoms with Crippen LogP contribution in [0, 0.1) is 40.4 Å². The fourth-order valence-electron chi connectivity index (χ4n) is 7.91. The summed E-state index contributed by atoms with van der Waals surface area (Å²) in [5.74, 6) is 3.62. The van der Waals surface area contributed by atoms with Crippen LogP contribution in [0.15, 0.2) is 11.6 Å². The third-order valence-electron chi connectivity index (χ3n) is 9.43.